The number of allylic oxidation sites excluding steroid dienone is 1. The average Bonchev–Trinajstić information content (AvgIpc) is 2.06. The van der Waals surface area contributed by atoms with Crippen LogP contribution in [0.4, 0.5) is 0 Å². The van der Waals surface area contributed by atoms with Gasteiger partial charge >= 0.3 is 0 Å². The minimum atomic E-state index is 0.187. The molecular formula is C10H9O. The summed E-state index contributed by atoms with van der Waals surface area (Å²) in [6.07, 6.45) is 3.68. The summed E-state index contributed by atoms with van der Waals surface area (Å²) in [5.41, 5.74) is 2.08. The van der Waals surface area contributed by atoms with Crippen LogP contribution < -0.4 is 0 Å². The second-order valence-electron chi connectivity index (χ2n) is 2.76. The Hall–Kier alpha value is -1.24. The zero-order valence-corrected chi connectivity index (χ0v) is 6.21. The number of rotatable bonds is 0. The molecule has 0 aromatic heterocycles. The Morgan fingerprint density at radius 3 is 2.82 bits per heavy atom. The number of fused-ring (bicyclic) bond motifs is 1. The standard InChI is InChI=1S/C10H9O/c11-10-7-3-5-8-4-1-2-6-9(8)10/h1-2,4,6-7H,3,5H2. The maximum Gasteiger partial charge on any atom is 0.182 e. The second kappa shape index (κ2) is 2.42. The number of hydrogen-bond acceptors (Lipinski definition) is 0. The van der Waals surface area contributed by atoms with Gasteiger partial charge < -0.3 is 0 Å². The number of hydrogen-bond donors (Lipinski definition) is 0. The first-order chi connectivity index (χ1) is 5.38. The predicted octanol–water partition coefficient (Wildman–Crippen LogP) is 2.40. The molecule has 1 heteroatoms. The van der Waals surface area contributed by atoms with Crippen LogP contribution in [0.2, 0.25) is 0 Å². The normalized spacial score (nSPS) is 15.5. The maximum atomic E-state index is 11.2. The van der Waals surface area contributed by atoms with Crippen LogP contribution in [-0.2, 0) is 11.5 Å². The first kappa shape index (κ1) is 6.47. The van der Waals surface area contributed by atoms with E-state index in [9.17, 15) is 5.11 Å². The fourth-order valence-corrected chi connectivity index (χ4v) is 1.45. The van der Waals surface area contributed by atoms with Gasteiger partial charge in [0.25, 0.3) is 0 Å². The van der Waals surface area contributed by atoms with Crippen LogP contribution in [0.1, 0.15) is 17.5 Å². The maximum absolute atomic E-state index is 11.2. The van der Waals surface area contributed by atoms with Gasteiger partial charge in [0.1, 0.15) is 0 Å². The van der Waals surface area contributed by atoms with Crippen LogP contribution in [0.15, 0.2) is 30.3 Å². The highest BCUT2D eigenvalue weighted by Crippen LogP contribution is 2.23. The highest BCUT2D eigenvalue weighted by atomic mass is 16.3. The minimum Gasteiger partial charge on any atom is -0.290 e. The summed E-state index contributed by atoms with van der Waals surface area (Å²) >= 11 is 0. The largest absolute Gasteiger partial charge is 0.290 e. The Balaban J connectivity index is 2.56. The van der Waals surface area contributed by atoms with Crippen LogP contribution in [0.5, 0.6) is 0 Å². The van der Waals surface area contributed by atoms with E-state index in [0.717, 1.165) is 18.4 Å². The molecule has 1 aliphatic carbocycles. The fourth-order valence-electron chi connectivity index (χ4n) is 1.45. The smallest absolute Gasteiger partial charge is 0.182 e. The molecule has 0 saturated heterocycles. The molecule has 0 bridgehead atoms. The van der Waals surface area contributed by atoms with E-state index in [1.54, 1.807) is 6.08 Å². The Labute approximate surface area is 66.0 Å². The van der Waals surface area contributed by atoms with Crippen LogP contribution in [0.25, 0.3) is 5.76 Å². The van der Waals surface area contributed by atoms with Gasteiger partial charge in [0.2, 0.25) is 0 Å². The molecule has 0 atom stereocenters. The molecule has 0 aliphatic heterocycles. The summed E-state index contributed by atoms with van der Waals surface area (Å²) in [6, 6.07) is 7.82. The van der Waals surface area contributed by atoms with Crippen molar-refractivity contribution in [3.05, 3.63) is 41.5 Å². The topological polar surface area (TPSA) is 19.9 Å². The van der Waals surface area contributed by atoms with E-state index in [0.29, 0.717) is 0 Å². The van der Waals surface area contributed by atoms with Crippen LogP contribution >= 0.6 is 0 Å². The van der Waals surface area contributed by atoms with Crippen molar-refractivity contribution in [1.29, 1.82) is 0 Å². The predicted molar refractivity (Wildman–Crippen MR) is 43.4 cm³/mol. The quantitative estimate of drug-likeness (QED) is 0.534. The molecule has 1 radical (unpaired) electrons. The van der Waals surface area contributed by atoms with Gasteiger partial charge in [-0.05, 0) is 24.5 Å². The molecule has 1 aromatic rings. The average molecular weight is 145 g/mol. The molecule has 2 rings (SSSR count). The summed E-state index contributed by atoms with van der Waals surface area (Å²) in [6.45, 7) is 0. The van der Waals surface area contributed by atoms with E-state index in [-0.39, 0.29) is 5.76 Å². The first-order valence-corrected chi connectivity index (χ1v) is 3.83. The van der Waals surface area contributed by atoms with E-state index < -0.39 is 0 Å². The van der Waals surface area contributed by atoms with Gasteiger partial charge in [0.05, 0.1) is 0 Å². The van der Waals surface area contributed by atoms with Gasteiger partial charge in [-0.15, -0.1) is 0 Å². The highest BCUT2D eigenvalue weighted by Gasteiger charge is 2.10. The summed E-state index contributed by atoms with van der Waals surface area (Å²) in [4.78, 5) is 0. The van der Waals surface area contributed by atoms with Crippen molar-refractivity contribution >= 4 is 5.76 Å². The number of benzene rings is 1. The van der Waals surface area contributed by atoms with Crippen molar-refractivity contribution in [2.45, 2.75) is 12.8 Å². The van der Waals surface area contributed by atoms with Gasteiger partial charge in [0.15, 0.2) is 5.76 Å². The van der Waals surface area contributed by atoms with Gasteiger partial charge in [-0.1, -0.05) is 24.3 Å². The summed E-state index contributed by atoms with van der Waals surface area (Å²) in [5.74, 6) is 0.187. The third kappa shape index (κ3) is 1.03. The van der Waals surface area contributed by atoms with E-state index >= 15 is 0 Å². The SMILES string of the molecule is [O]C1=CCCc2ccccc21. The van der Waals surface area contributed by atoms with Crippen molar-refractivity contribution in [2.24, 2.45) is 0 Å². The molecule has 1 nitrogen and oxygen atoms in total. The van der Waals surface area contributed by atoms with Crippen molar-refractivity contribution in [3.63, 3.8) is 0 Å². The summed E-state index contributed by atoms with van der Waals surface area (Å²) in [7, 11) is 0. The van der Waals surface area contributed by atoms with Crippen molar-refractivity contribution < 1.29 is 5.11 Å². The van der Waals surface area contributed by atoms with Crippen molar-refractivity contribution in [1.82, 2.24) is 0 Å². The van der Waals surface area contributed by atoms with E-state index in [2.05, 4.69) is 0 Å². The fraction of sp³-hybridized carbons (Fsp3) is 0.200. The molecular weight excluding hydrogens is 136 g/mol. The lowest BCUT2D eigenvalue weighted by Crippen LogP contribution is -1.97. The molecule has 0 fully saturated rings. The highest BCUT2D eigenvalue weighted by molar-refractivity contribution is 5.63. The lowest BCUT2D eigenvalue weighted by molar-refractivity contribution is 0.384. The Bertz CT molecular complexity index is 299. The second-order valence-corrected chi connectivity index (χ2v) is 2.76. The molecule has 1 aromatic carbocycles. The van der Waals surface area contributed by atoms with Crippen LogP contribution in [0.3, 0.4) is 0 Å². The summed E-state index contributed by atoms with van der Waals surface area (Å²) < 4.78 is 0. The van der Waals surface area contributed by atoms with Crippen molar-refractivity contribution in [2.75, 3.05) is 0 Å². The minimum absolute atomic E-state index is 0.187. The molecule has 0 N–H and O–H groups in total. The van der Waals surface area contributed by atoms with E-state index in [4.69, 9.17) is 0 Å². The molecule has 1 aliphatic rings. The monoisotopic (exact) mass is 145 g/mol. The zero-order chi connectivity index (χ0) is 7.68. The Morgan fingerprint density at radius 2 is 2.00 bits per heavy atom. The lowest BCUT2D eigenvalue weighted by Gasteiger charge is -2.10. The molecule has 0 saturated carbocycles. The molecule has 0 amide bonds. The van der Waals surface area contributed by atoms with Crippen LogP contribution in [0, 0.1) is 0 Å². The lowest BCUT2D eigenvalue weighted by atomic mass is 9.96. The third-order valence-electron chi connectivity index (χ3n) is 2.03. The molecule has 11 heavy (non-hydrogen) atoms. The van der Waals surface area contributed by atoms with E-state index in [1.165, 1.54) is 5.56 Å². The van der Waals surface area contributed by atoms with Gasteiger partial charge in [-0.3, -0.25) is 5.11 Å². The van der Waals surface area contributed by atoms with E-state index in [1.807, 2.05) is 24.3 Å². The van der Waals surface area contributed by atoms with Gasteiger partial charge in [-0.2, -0.15) is 0 Å². The first-order valence-electron chi connectivity index (χ1n) is 3.83. The third-order valence-corrected chi connectivity index (χ3v) is 2.03. The molecule has 0 heterocycles. The molecule has 0 spiro atoms. The van der Waals surface area contributed by atoms with Crippen LogP contribution in [-0.4, -0.2) is 0 Å². The molecule has 0 unspecified atom stereocenters. The molecule has 55 valence electrons. The summed E-state index contributed by atoms with van der Waals surface area (Å²) in [5, 5.41) is 11.2. The van der Waals surface area contributed by atoms with Gasteiger partial charge in [0, 0.05) is 5.56 Å². The number of aryl methyl sites for hydroxylation is 1. The Kier molecular flexibility index (Phi) is 1.42. The Morgan fingerprint density at radius 1 is 1.18 bits per heavy atom. The zero-order valence-electron chi connectivity index (χ0n) is 6.21. The van der Waals surface area contributed by atoms with Gasteiger partial charge in [-0.25, -0.2) is 0 Å². The van der Waals surface area contributed by atoms with Crippen molar-refractivity contribution in [3.8, 4) is 0 Å².